The average Bonchev–Trinajstić information content (AvgIpc) is 3.58. The summed E-state index contributed by atoms with van der Waals surface area (Å²) in [6.07, 6.45) is -1.94. The smallest absolute Gasteiger partial charge is 0.431 e. The van der Waals surface area contributed by atoms with Crippen molar-refractivity contribution in [3.05, 3.63) is 98.7 Å². The fourth-order valence-corrected chi connectivity index (χ4v) is 4.84. The van der Waals surface area contributed by atoms with E-state index in [1.807, 2.05) is 6.92 Å². The molecule has 0 fully saturated rings. The van der Waals surface area contributed by atoms with E-state index >= 15 is 0 Å². The summed E-state index contributed by atoms with van der Waals surface area (Å²) < 4.78 is 62.0. The number of aryl methyl sites for hydroxylation is 1. The molecule has 13 heteroatoms. The van der Waals surface area contributed by atoms with Gasteiger partial charge in [-0.15, -0.1) is 0 Å². The molecule has 9 nitrogen and oxygen atoms in total. The van der Waals surface area contributed by atoms with Crippen molar-refractivity contribution in [2.75, 3.05) is 6.61 Å². The van der Waals surface area contributed by atoms with E-state index < -0.39 is 29.1 Å². The lowest BCUT2D eigenvalue weighted by Gasteiger charge is -2.14. The minimum Gasteiger partial charge on any atom is -0.481 e. The summed E-state index contributed by atoms with van der Waals surface area (Å²) in [5, 5.41) is 0.536. The number of hydrogen-bond acceptors (Lipinski definition) is 8. The Hall–Kier alpha value is -4.65. The fourth-order valence-electron chi connectivity index (χ4n) is 4.07. The van der Waals surface area contributed by atoms with Crippen molar-refractivity contribution < 1.29 is 31.9 Å². The Morgan fingerprint density at radius 1 is 1.10 bits per heavy atom. The van der Waals surface area contributed by atoms with Crippen LogP contribution in [0.15, 0.2) is 75.1 Å². The summed E-state index contributed by atoms with van der Waals surface area (Å²) in [6.45, 7) is 1.51. The van der Waals surface area contributed by atoms with Gasteiger partial charge in [0.1, 0.15) is 18.1 Å². The molecule has 5 rings (SSSR count). The number of esters is 1. The number of carbonyl (C=O) groups excluding carboxylic acids is 1. The number of aromatic nitrogens is 3. The van der Waals surface area contributed by atoms with Gasteiger partial charge in [0.15, 0.2) is 6.61 Å². The number of carbonyl (C=O) groups is 1. The summed E-state index contributed by atoms with van der Waals surface area (Å²) >= 11 is 1.15. The summed E-state index contributed by atoms with van der Waals surface area (Å²) in [4.78, 5) is 37.7. The third-order valence-corrected chi connectivity index (χ3v) is 6.86. The normalized spacial score (nSPS) is 11.6. The number of hydrogen-bond donors (Lipinski definition) is 0. The Morgan fingerprint density at radius 3 is 2.62 bits per heavy atom. The second-order valence-electron chi connectivity index (χ2n) is 8.83. The number of nitrogens with zero attached hydrogens (tertiary/aromatic N) is 3. The molecule has 3 aromatic heterocycles. The number of alkyl halides is 3. The molecule has 0 amide bonds. The molecule has 0 aliphatic heterocycles. The first-order valence-electron chi connectivity index (χ1n) is 11.7. The molecule has 40 heavy (non-hydrogen) atoms. The van der Waals surface area contributed by atoms with E-state index in [-0.39, 0.29) is 18.9 Å². The first-order chi connectivity index (χ1) is 19.0. The molecule has 0 saturated carbocycles. The van der Waals surface area contributed by atoms with E-state index in [2.05, 4.69) is 4.37 Å². The van der Waals surface area contributed by atoms with Crippen molar-refractivity contribution in [3.63, 3.8) is 0 Å². The molecular formula is C27H20F3N3O6S. The Kier molecular flexibility index (Phi) is 7.06. The van der Waals surface area contributed by atoms with E-state index in [1.54, 1.807) is 30.3 Å². The predicted octanol–water partition coefficient (Wildman–Crippen LogP) is 4.86. The first kappa shape index (κ1) is 26.9. The van der Waals surface area contributed by atoms with Crippen molar-refractivity contribution in [1.82, 2.24) is 13.5 Å². The Labute approximate surface area is 227 Å². The maximum Gasteiger partial charge on any atom is 0.431 e. The molecule has 3 heterocycles. The maximum absolute atomic E-state index is 13.3. The van der Waals surface area contributed by atoms with Crippen LogP contribution in [0.5, 0.6) is 5.75 Å². The highest BCUT2D eigenvalue weighted by Gasteiger charge is 2.35. The minimum absolute atomic E-state index is 0.0295. The fraction of sp³-hybridized carbons (Fsp3) is 0.185. The van der Waals surface area contributed by atoms with Crippen LogP contribution in [-0.4, -0.2) is 26.1 Å². The third kappa shape index (κ3) is 5.27. The molecular weight excluding hydrogens is 551 g/mol. The summed E-state index contributed by atoms with van der Waals surface area (Å²) in [7, 11) is 0.952. The summed E-state index contributed by atoms with van der Waals surface area (Å²) in [5.74, 6) is -0.262. The summed E-state index contributed by atoms with van der Waals surface area (Å²) in [5.41, 5.74) is -0.979. The zero-order chi connectivity index (χ0) is 28.6. The van der Waals surface area contributed by atoms with Gasteiger partial charge in [-0.3, -0.25) is 9.36 Å². The lowest BCUT2D eigenvalue weighted by molar-refractivity contribution is -0.147. The van der Waals surface area contributed by atoms with Crippen LogP contribution in [0.2, 0.25) is 0 Å². The number of halogens is 3. The standard InChI is InChI=1S/C27H20F3N3O6S/c1-15-3-5-20(38-14-24(35)39-13-16-7-8-37-12-16)18(9-15)25-19-10-17(4-6-21(19)40-31-25)33-23(34)11-22(27(28,29)30)32(2)26(33)36/h3-12H,13-14H2,1-2H3. The number of furan rings is 1. The SMILES string of the molecule is Cc1ccc(OCC(=O)OCc2ccoc2)c(-c2nsc3ccc(-n4c(=O)cc(C(F)(F)F)n(C)c4=O)cc23)c1. The zero-order valence-corrected chi connectivity index (χ0v) is 21.8. The van der Waals surface area contributed by atoms with Crippen molar-refractivity contribution >= 4 is 27.6 Å². The van der Waals surface area contributed by atoms with Crippen LogP contribution in [0, 0.1) is 6.92 Å². The lowest BCUT2D eigenvalue weighted by atomic mass is 10.0. The van der Waals surface area contributed by atoms with Gasteiger partial charge in [-0.05, 0) is 54.9 Å². The molecule has 0 unspecified atom stereocenters. The van der Waals surface area contributed by atoms with Gasteiger partial charge in [-0.25, -0.2) is 14.2 Å². The van der Waals surface area contributed by atoms with Gasteiger partial charge in [0.2, 0.25) is 0 Å². The number of ether oxygens (including phenoxy) is 2. The number of benzene rings is 2. The van der Waals surface area contributed by atoms with E-state index in [1.165, 1.54) is 24.7 Å². The highest BCUT2D eigenvalue weighted by molar-refractivity contribution is 7.13. The molecule has 0 bridgehead atoms. The van der Waals surface area contributed by atoms with Gasteiger partial charge in [-0.2, -0.15) is 17.5 Å². The zero-order valence-electron chi connectivity index (χ0n) is 21.0. The van der Waals surface area contributed by atoms with E-state index in [0.717, 1.165) is 24.1 Å². The Morgan fingerprint density at radius 2 is 1.90 bits per heavy atom. The molecule has 0 aliphatic carbocycles. The molecule has 2 aromatic carbocycles. The van der Waals surface area contributed by atoms with Gasteiger partial charge in [-0.1, -0.05) is 11.6 Å². The monoisotopic (exact) mass is 571 g/mol. The molecule has 5 aromatic rings. The van der Waals surface area contributed by atoms with Gasteiger partial charge >= 0.3 is 17.8 Å². The molecule has 0 saturated heterocycles. The van der Waals surface area contributed by atoms with Crippen molar-refractivity contribution in [1.29, 1.82) is 0 Å². The van der Waals surface area contributed by atoms with Crippen LogP contribution in [0.3, 0.4) is 0 Å². The van der Waals surface area contributed by atoms with Crippen LogP contribution >= 0.6 is 11.5 Å². The molecule has 206 valence electrons. The van der Waals surface area contributed by atoms with E-state index in [9.17, 15) is 27.6 Å². The lowest BCUT2D eigenvalue weighted by Crippen LogP contribution is -2.40. The van der Waals surface area contributed by atoms with E-state index in [4.69, 9.17) is 13.9 Å². The molecule has 0 spiro atoms. The Bertz CT molecular complexity index is 1840. The van der Waals surface area contributed by atoms with Gasteiger partial charge in [0, 0.05) is 29.6 Å². The van der Waals surface area contributed by atoms with E-state index in [0.29, 0.717) is 47.9 Å². The summed E-state index contributed by atoms with van der Waals surface area (Å²) in [6, 6.07) is 11.9. The van der Waals surface area contributed by atoms with Crippen LogP contribution in [0.4, 0.5) is 13.2 Å². The molecule has 0 aliphatic rings. The van der Waals surface area contributed by atoms with Crippen LogP contribution in [-0.2, 0) is 29.4 Å². The van der Waals surface area contributed by atoms with Crippen LogP contribution in [0.25, 0.3) is 27.0 Å². The maximum atomic E-state index is 13.3. The average molecular weight is 572 g/mol. The Balaban J connectivity index is 1.50. The first-order valence-corrected chi connectivity index (χ1v) is 12.5. The van der Waals surface area contributed by atoms with Gasteiger partial charge in [0.25, 0.3) is 5.56 Å². The second-order valence-corrected chi connectivity index (χ2v) is 9.64. The molecule has 0 atom stereocenters. The minimum atomic E-state index is -4.87. The van der Waals surface area contributed by atoms with Gasteiger partial charge in [0.05, 0.1) is 28.6 Å². The highest BCUT2D eigenvalue weighted by atomic mass is 32.1. The van der Waals surface area contributed by atoms with Crippen LogP contribution in [0.1, 0.15) is 16.8 Å². The van der Waals surface area contributed by atoms with Crippen molar-refractivity contribution in [2.24, 2.45) is 7.05 Å². The number of rotatable bonds is 7. The predicted molar refractivity (Wildman–Crippen MR) is 140 cm³/mol. The van der Waals surface area contributed by atoms with Crippen molar-refractivity contribution in [3.8, 4) is 22.7 Å². The third-order valence-electron chi connectivity index (χ3n) is 6.04. The van der Waals surface area contributed by atoms with Gasteiger partial charge < -0.3 is 13.9 Å². The molecule has 0 radical (unpaired) electrons. The quantitative estimate of drug-likeness (QED) is 0.257. The largest absolute Gasteiger partial charge is 0.481 e. The second kappa shape index (κ2) is 10.5. The van der Waals surface area contributed by atoms with Crippen LogP contribution < -0.4 is 16.0 Å². The highest BCUT2D eigenvalue weighted by Crippen LogP contribution is 2.37. The number of fused-ring (bicyclic) bond motifs is 1. The topological polar surface area (TPSA) is 106 Å². The molecule has 0 N–H and O–H groups in total. The van der Waals surface area contributed by atoms with Crippen molar-refractivity contribution in [2.45, 2.75) is 19.7 Å².